The van der Waals surface area contributed by atoms with Crippen molar-refractivity contribution in [2.45, 2.75) is 18.0 Å². The van der Waals surface area contributed by atoms with Crippen LogP contribution in [0.1, 0.15) is 5.56 Å². The van der Waals surface area contributed by atoms with Crippen LogP contribution in [0.5, 0.6) is 11.5 Å². The number of aromatic nitrogens is 3. The summed E-state index contributed by atoms with van der Waals surface area (Å²) in [5.74, 6) is 0.829. The molecule has 0 aliphatic heterocycles. The predicted molar refractivity (Wildman–Crippen MR) is 121 cm³/mol. The van der Waals surface area contributed by atoms with Gasteiger partial charge in [-0.25, -0.2) is 4.98 Å². The SMILES string of the molecule is COc1cc2[nH]c3c(=O)n(CC(=O)NCc4ccc(SC)cc4)cnc3c2cc1OC. The normalized spacial score (nSPS) is 11.1. The first kappa shape index (κ1) is 20.8. The molecule has 2 heterocycles. The summed E-state index contributed by atoms with van der Waals surface area (Å²) in [7, 11) is 3.10. The van der Waals surface area contributed by atoms with Crippen LogP contribution in [0.15, 0.2) is 52.4 Å². The molecule has 8 nitrogen and oxygen atoms in total. The van der Waals surface area contributed by atoms with Crippen LogP contribution < -0.4 is 20.3 Å². The first-order valence-corrected chi connectivity index (χ1v) is 10.8. The first-order chi connectivity index (χ1) is 15.0. The van der Waals surface area contributed by atoms with Crippen LogP contribution in [0.25, 0.3) is 21.9 Å². The Labute approximate surface area is 182 Å². The quantitative estimate of drug-likeness (QED) is 0.431. The third-order valence-corrected chi connectivity index (χ3v) is 5.78. The van der Waals surface area contributed by atoms with E-state index in [-0.39, 0.29) is 18.0 Å². The van der Waals surface area contributed by atoms with E-state index in [0.717, 1.165) is 15.8 Å². The van der Waals surface area contributed by atoms with E-state index in [2.05, 4.69) is 15.3 Å². The Morgan fingerprint density at radius 1 is 1.16 bits per heavy atom. The van der Waals surface area contributed by atoms with Gasteiger partial charge in [0.2, 0.25) is 5.91 Å². The van der Waals surface area contributed by atoms with Crippen LogP contribution in [0.2, 0.25) is 0 Å². The number of carbonyl (C=O) groups is 1. The minimum absolute atomic E-state index is 0.118. The maximum atomic E-state index is 12.9. The molecule has 0 radical (unpaired) electrons. The van der Waals surface area contributed by atoms with Crippen molar-refractivity contribution in [3.05, 3.63) is 58.6 Å². The van der Waals surface area contributed by atoms with Gasteiger partial charge in [0.25, 0.3) is 5.56 Å². The van der Waals surface area contributed by atoms with E-state index in [4.69, 9.17) is 9.47 Å². The van der Waals surface area contributed by atoms with Crippen molar-refractivity contribution in [3.63, 3.8) is 0 Å². The van der Waals surface area contributed by atoms with Crippen molar-refractivity contribution in [1.29, 1.82) is 0 Å². The van der Waals surface area contributed by atoms with E-state index in [1.807, 2.05) is 30.5 Å². The average Bonchev–Trinajstić information content (AvgIpc) is 3.17. The average molecular weight is 439 g/mol. The van der Waals surface area contributed by atoms with Crippen molar-refractivity contribution >= 4 is 39.6 Å². The summed E-state index contributed by atoms with van der Waals surface area (Å²) in [4.78, 5) is 34.0. The summed E-state index contributed by atoms with van der Waals surface area (Å²) in [5, 5.41) is 3.59. The van der Waals surface area contributed by atoms with Gasteiger partial charge in [-0.1, -0.05) is 12.1 Å². The minimum Gasteiger partial charge on any atom is -0.493 e. The number of benzene rings is 2. The zero-order valence-electron chi connectivity index (χ0n) is 17.4. The maximum absolute atomic E-state index is 12.9. The van der Waals surface area contributed by atoms with E-state index in [1.165, 1.54) is 10.9 Å². The molecule has 0 bridgehead atoms. The smallest absolute Gasteiger partial charge is 0.278 e. The van der Waals surface area contributed by atoms with Crippen LogP contribution in [0, 0.1) is 0 Å². The van der Waals surface area contributed by atoms with Crippen molar-refractivity contribution in [1.82, 2.24) is 19.9 Å². The van der Waals surface area contributed by atoms with E-state index >= 15 is 0 Å². The predicted octanol–water partition coefficient (Wildman–Crippen LogP) is 2.93. The molecule has 0 saturated heterocycles. The molecule has 2 N–H and O–H groups in total. The molecule has 0 fully saturated rings. The molecule has 0 spiro atoms. The highest BCUT2D eigenvalue weighted by atomic mass is 32.2. The summed E-state index contributed by atoms with van der Waals surface area (Å²) < 4.78 is 12.0. The molecule has 1 amide bonds. The standard InChI is InChI=1S/C22H22N4O4S/c1-29-17-8-15-16(9-18(17)30-2)25-21-20(15)24-12-26(22(21)28)11-19(27)23-10-13-4-6-14(31-3)7-5-13/h4-9,12,25H,10-11H2,1-3H3,(H,23,27). The Hall–Kier alpha value is -3.46. The summed E-state index contributed by atoms with van der Waals surface area (Å²) in [6, 6.07) is 11.5. The summed E-state index contributed by atoms with van der Waals surface area (Å²) in [6.07, 6.45) is 3.40. The topological polar surface area (TPSA) is 98.2 Å². The largest absolute Gasteiger partial charge is 0.493 e. The number of thioether (sulfide) groups is 1. The molecule has 0 atom stereocenters. The lowest BCUT2D eigenvalue weighted by molar-refractivity contribution is -0.121. The third-order valence-electron chi connectivity index (χ3n) is 5.04. The van der Waals surface area contributed by atoms with Gasteiger partial charge in [0.15, 0.2) is 11.5 Å². The van der Waals surface area contributed by atoms with Gasteiger partial charge in [-0.15, -0.1) is 11.8 Å². The molecule has 0 unspecified atom stereocenters. The fourth-order valence-corrected chi connectivity index (χ4v) is 3.79. The Balaban J connectivity index is 1.56. The second-order valence-electron chi connectivity index (χ2n) is 6.90. The highest BCUT2D eigenvalue weighted by Gasteiger charge is 2.15. The molecule has 4 aromatic rings. The highest BCUT2D eigenvalue weighted by molar-refractivity contribution is 7.98. The van der Waals surface area contributed by atoms with Gasteiger partial charge in [-0.2, -0.15) is 0 Å². The number of nitrogens with one attached hydrogen (secondary N) is 2. The lowest BCUT2D eigenvalue weighted by Crippen LogP contribution is -2.32. The van der Waals surface area contributed by atoms with Crippen molar-refractivity contribution in [3.8, 4) is 11.5 Å². The van der Waals surface area contributed by atoms with E-state index in [0.29, 0.717) is 34.6 Å². The van der Waals surface area contributed by atoms with E-state index in [9.17, 15) is 9.59 Å². The second-order valence-corrected chi connectivity index (χ2v) is 7.78. The fraction of sp³-hybridized carbons (Fsp3) is 0.227. The molecule has 0 aliphatic rings. The Morgan fingerprint density at radius 2 is 1.87 bits per heavy atom. The molecule has 160 valence electrons. The molecule has 2 aromatic carbocycles. The van der Waals surface area contributed by atoms with Crippen LogP contribution in [0.3, 0.4) is 0 Å². The van der Waals surface area contributed by atoms with Crippen molar-refractivity contribution in [2.24, 2.45) is 0 Å². The zero-order valence-corrected chi connectivity index (χ0v) is 18.2. The number of ether oxygens (including phenoxy) is 2. The van der Waals surface area contributed by atoms with Crippen molar-refractivity contribution < 1.29 is 14.3 Å². The minimum atomic E-state index is -0.321. The molecule has 31 heavy (non-hydrogen) atoms. The van der Waals surface area contributed by atoms with Crippen LogP contribution in [-0.4, -0.2) is 40.9 Å². The number of hydrogen-bond donors (Lipinski definition) is 2. The van der Waals surface area contributed by atoms with Gasteiger partial charge >= 0.3 is 0 Å². The molecule has 2 aromatic heterocycles. The summed E-state index contributed by atoms with van der Waals surface area (Å²) >= 11 is 1.66. The lowest BCUT2D eigenvalue weighted by atomic mass is 10.2. The molecule has 0 saturated carbocycles. The Kier molecular flexibility index (Phi) is 5.85. The van der Waals surface area contributed by atoms with Crippen LogP contribution >= 0.6 is 11.8 Å². The number of rotatable bonds is 7. The monoisotopic (exact) mass is 438 g/mol. The molecule has 0 aliphatic carbocycles. The van der Waals surface area contributed by atoms with Gasteiger partial charge in [-0.3, -0.25) is 14.2 Å². The number of methoxy groups -OCH3 is 2. The van der Waals surface area contributed by atoms with Gasteiger partial charge in [0.1, 0.15) is 17.6 Å². The number of hydrogen-bond acceptors (Lipinski definition) is 6. The number of fused-ring (bicyclic) bond motifs is 3. The zero-order chi connectivity index (χ0) is 22.0. The maximum Gasteiger partial charge on any atom is 0.278 e. The lowest BCUT2D eigenvalue weighted by Gasteiger charge is -2.08. The number of amides is 1. The van der Waals surface area contributed by atoms with Crippen LogP contribution in [-0.2, 0) is 17.9 Å². The van der Waals surface area contributed by atoms with Gasteiger partial charge in [0, 0.05) is 22.9 Å². The van der Waals surface area contributed by atoms with E-state index < -0.39 is 0 Å². The third kappa shape index (κ3) is 4.09. The Morgan fingerprint density at radius 3 is 2.55 bits per heavy atom. The van der Waals surface area contributed by atoms with Crippen molar-refractivity contribution in [2.75, 3.05) is 20.5 Å². The summed E-state index contributed by atoms with van der Waals surface area (Å²) in [6.45, 7) is 0.274. The molecule has 4 rings (SSSR count). The van der Waals surface area contributed by atoms with E-state index in [1.54, 1.807) is 38.1 Å². The first-order valence-electron chi connectivity index (χ1n) is 9.56. The number of H-pyrrole nitrogens is 1. The number of carbonyl (C=O) groups excluding carboxylic acids is 1. The van der Waals surface area contributed by atoms with Gasteiger partial charge < -0.3 is 19.8 Å². The molecular weight excluding hydrogens is 416 g/mol. The Bertz CT molecular complexity index is 1310. The second kappa shape index (κ2) is 8.73. The van der Waals surface area contributed by atoms with Gasteiger partial charge in [-0.05, 0) is 30.0 Å². The highest BCUT2D eigenvalue weighted by Crippen LogP contribution is 2.34. The summed E-state index contributed by atoms with van der Waals surface area (Å²) in [5.41, 5.74) is 2.22. The van der Waals surface area contributed by atoms with Crippen LogP contribution in [0.4, 0.5) is 0 Å². The molecule has 9 heteroatoms. The fourth-order valence-electron chi connectivity index (χ4n) is 3.39. The van der Waals surface area contributed by atoms with Gasteiger partial charge in [0.05, 0.1) is 26.1 Å². The number of nitrogens with zero attached hydrogens (tertiary/aromatic N) is 2. The number of aromatic amines is 1. The molecular formula is C22H22N4O4S.